The van der Waals surface area contributed by atoms with E-state index in [9.17, 15) is 9.59 Å². The number of benzene rings is 4. The van der Waals surface area contributed by atoms with Crippen molar-refractivity contribution in [2.45, 2.75) is 86.0 Å². The zero-order valence-corrected chi connectivity index (χ0v) is 32.0. The third-order valence-corrected chi connectivity index (χ3v) is 9.18. The van der Waals surface area contributed by atoms with Crippen LogP contribution < -0.4 is 0 Å². The molecule has 4 aromatic rings. The Morgan fingerprint density at radius 3 is 1.90 bits per heavy atom. The van der Waals surface area contributed by atoms with Crippen LogP contribution >= 0.6 is 0 Å². The van der Waals surface area contributed by atoms with Crippen molar-refractivity contribution in [1.29, 1.82) is 0 Å². The molecule has 52 heavy (non-hydrogen) atoms. The van der Waals surface area contributed by atoms with Gasteiger partial charge < -0.3 is 14.6 Å². The number of aliphatic hydroxyl groups excluding tert-OH is 1. The Bertz CT molecular complexity index is 1730. The molecule has 1 N–H and O–H groups in total. The van der Waals surface area contributed by atoms with Gasteiger partial charge in [0.1, 0.15) is 0 Å². The summed E-state index contributed by atoms with van der Waals surface area (Å²) in [6, 6.07) is 31.3. The van der Waals surface area contributed by atoms with Crippen LogP contribution in [0.5, 0.6) is 0 Å². The minimum atomic E-state index is -0.433. The van der Waals surface area contributed by atoms with Crippen LogP contribution in [0.3, 0.4) is 0 Å². The average Bonchev–Trinajstić information content (AvgIpc) is 3.16. The van der Waals surface area contributed by atoms with Crippen molar-refractivity contribution in [3.63, 3.8) is 0 Å². The number of esters is 1. The van der Waals surface area contributed by atoms with Crippen molar-refractivity contribution in [3.8, 4) is 22.3 Å². The number of aliphatic hydroxyl groups is 1. The summed E-state index contributed by atoms with van der Waals surface area (Å²) in [6.45, 7) is 18.1. The van der Waals surface area contributed by atoms with Crippen LogP contribution in [0.2, 0.25) is 0 Å². The van der Waals surface area contributed by atoms with Gasteiger partial charge in [-0.15, -0.1) is 0 Å². The van der Waals surface area contributed by atoms with Gasteiger partial charge in [0.2, 0.25) is 0 Å². The summed E-state index contributed by atoms with van der Waals surface area (Å²) in [5.74, 6) is -0.550. The summed E-state index contributed by atoms with van der Waals surface area (Å²) in [5.41, 5.74) is 14.2. The Hall–Kier alpha value is -4.74. The van der Waals surface area contributed by atoms with Gasteiger partial charge in [0, 0.05) is 11.5 Å². The number of rotatable bonds is 19. The molecule has 0 saturated carbocycles. The van der Waals surface area contributed by atoms with Crippen molar-refractivity contribution < 1.29 is 24.2 Å². The fourth-order valence-corrected chi connectivity index (χ4v) is 6.09. The van der Waals surface area contributed by atoms with E-state index in [1.807, 2.05) is 0 Å². The summed E-state index contributed by atoms with van der Waals surface area (Å²) in [5, 5.41) is 8.04. The van der Waals surface area contributed by atoms with Crippen LogP contribution in [0.15, 0.2) is 109 Å². The van der Waals surface area contributed by atoms with Crippen LogP contribution in [-0.2, 0) is 51.2 Å². The number of carbonyl (C=O) groups excluding carboxylic acids is 2. The second kappa shape index (κ2) is 22.3. The van der Waals surface area contributed by atoms with Crippen LogP contribution in [0.25, 0.3) is 22.3 Å². The van der Waals surface area contributed by atoms with Gasteiger partial charge >= 0.3 is 5.97 Å². The topological polar surface area (TPSA) is 72.8 Å². The van der Waals surface area contributed by atoms with Crippen LogP contribution in [0.4, 0.5) is 0 Å². The fraction of sp³-hybridized carbons (Fsp3) is 0.362. The fourth-order valence-electron chi connectivity index (χ4n) is 6.09. The Balaban J connectivity index is 0.00000136. The first-order valence-corrected chi connectivity index (χ1v) is 18.6. The number of ether oxygens (including phenoxy) is 2. The van der Waals surface area contributed by atoms with Gasteiger partial charge in [-0.05, 0) is 115 Å². The van der Waals surface area contributed by atoms with Gasteiger partial charge in [-0.25, -0.2) is 4.79 Å². The van der Waals surface area contributed by atoms with Crippen molar-refractivity contribution in [2.75, 3.05) is 19.8 Å². The maximum atomic E-state index is 11.8. The molecule has 0 heterocycles. The molecule has 0 saturated heterocycles. The highest BCUT2D eigenvalue weighted by Gasteiger charge is 2.15. The lowest BCUT2D eigenvalue weighted by atomic mass is 9.91. The zero-order valence-electron chi connectivity index (χ0n) is 32.0. The molecule has 1 unspecified atom stereocenters. The predicted molar refractivity (Wildman–Crippen MR) is 215 cm³/mol. The first kappa shape index (κ1) is 41.7. The average molecular weight is 703 g/mol. The molecule has 0 radical (unpaired) electrons. The molecular formula is C47H58O5. The summed E-state index contributed by atoms with van der Waals surface area (Å²) >= 11 is 0. The Labute approximate surface area is 312 Å². The van der Waals surface area contributed by atoms with Crippen molar-refractivity contribution in [2.24, 2.45) is 5.92 Å². The van der Waals surface area contributed by atoms with Crippen LogP contribution in [-0.4, -0.2) is 37.4 Å². The van der Waals surface area contributed by atoms with Crippen molar-refractivity contribution in [3.05, 3.63) is 143 Å². The van der Waals surface area contributed by atoms with E-state index in [4.69, 9.17) is 14.6 Å². The first-order chi connectivity index (χ1) is 25.1. The molecule has 0 aliphatic heterocycles. The van der Waals surface area contributed by atoms with Crippen LogP contribution in [0.1, 0.15) is 80.3 Å². The van der Waals surface area contributed by atoms with E-state index in [0.29, 0.717) is 18.5 Å². The van der Waals surface area contributed by atoms with Gasteiger partial charge in [0.25, 0.3) is 6.47 Å². The molecular weight excluding hydrogens is 645 g/mol. The SMILES string of the molecule is C=C(C)C(=O)OCC(COC=O)Cc1ccc(CCc2ccc(-c3ccc(-c4ccc(CCCCC)c(CC)c4)c(C)c3)cc2)cc1.C=C(C)CO. The lowest BCUT2D eigenvalue weighted by molar-refractivity contribution is -0.141. The summed E-state index contributed by atoms with van der Waals surface area (Å²) in [4.78, 5) is 22.5. The monoisotopic (exact) mass is 702 g/mol. The van der Waals surface area contributed by atoms with Gasteiger partial charge in [-0.3, -0.25) is 4.79 Å². The maximum absolute atomic E-state index is 11.8. The number of carbonyl (C=O) groups is 2. The zero-order chi connectivity index (χ0) is 37.9. The van der Waals surface area contributed by atoms with E-state index in [0.717, 1.165) is 30.4 Å². The Morgan fingerprint density at radius 1 is 0.750 bits per heavy atom. The Kier molecular flexibility index (Phi) is 17.8. The summed E-state index contributed by atoms with van der Waals surface area (Å²) in [6.07, 6.45) is 8.61. The van der Waals surface area contributed by atoms with Crippen molar-refractivity contribution in [1.82, 2.24) is 0 Å². The van der Waals surface area contributed by atoms with Crippen molar-refractivity contribution >= 4 is 12.4 Å². The van der Waals surface area contributed by atoms with Gasteiger partial charge in [-0.2, -0.15) is 0 Å². The van der Waals surface area contributed by atoms with Gasteiger partial charge in [-0.1, -0.05) is 130 Å². The molecule has 0 aliphatic rings. The highest BCUT2D eigenvalue weighted by atomic mass is 16.5. The molecule has 4 aromatic carbocycles. The first-order valence-electron chi connectivity index (χ1n) is 18.6. The molecule has 0 amide bonds. The summed E-state index contributed by atoms with van der Waals surface area (Å²) in [7, 11) is 0. The van der Waals surface area contributed by atoms with E-state index >= 15 is 0 Å². The van der Waals surface area contributed by atoms with E-state index in [2.05, 4.69) is 119 Å². The largest absolute Gasteiger partial charge is 0.467 e. The molecule has 1 atom stereocenters. The number of unbranched alkanes of at least 4 members (excludes halogenated alkanes) is 2. The highest BCUT2D eigenvalue weighted by Crippen LogP contribution is 2.31. The standard InChI is InChI=1S/C43H50O4.C4H8O/c1-6-8-9-10-38-21-22-41(27-37(38)7-2)42-24-23-40(25-32(42)5)39-19-17-34(18-20-39)12-11-33-13-15-35(16-14-33)26-36(28-46-30-44)29-47-43(45)31(3)4;1-4(2)3-5/h13-25,27,30,36H,3,6-12,26,28-29H2,1-2,4-5H3;5H,1,3H2,2H3. The highest BCUT2D eigenvalue weighted by molar-refractivity contribution is 5.86. The number of hydrogen-bond acceptors (Lipinski definition) is 5. The minimum absolute atomic E-state index is 0.111. The quantitative estimate of drug-likeness (QED) is 0.0346. The lowest BCUT2D eigenvalue weighted by Crippen LogP contribution is -2.21. The second-order valence-electron chi connectivity index (χ2n) is 13.8. The maximum Gasteiger partial charge on any atom is 0.333 e. The van der Waals surface area contributed by atoms with E-state index in [1.165, 1.54) is 75.8 Å². The molecule has 5 nitrogen and oxygen atoms in total. The molecule has 0 bridgehead atoms. The van der Waals surface area contributed by atoms with E-state index in [1.54, 1.807) is 13.8 Å². The number of aryl methyl sites for hydroxylation is 5. The molecule has 276 valence electrons. The Morgan fingerprint density at radius 2 is 1.35 bits per heavy atom. The van der Waals surface area contributed by atoms with E-state index in [-0.39, 0.29) is 25.7 Å². The lowest BCUT2D eigenvalue weighted by Gasteiger charge is -2.16. The van der Waals surface area contributed by atoms with Gasteiger partial charge in [0.05, 0.1) is 19.8 Å². The van der Waals surface area contributed by atoms with Crippen LogP contribution in [0, 0.1) is 12.8 Å². The third kappa shape index (κ3) is 13.8. The molecule has 0 spiro atoms. The van der Waals surface area contributed by atoms with E-state index < -0.39 is 5.97 Å². The minimum Gasteiger partial charge on any atom is -0.467 e. The van der Waals surface area contributed by atoms with Gasteiger partial charge in [0.15, 0.2) is 0 Å². The molecule has 5 heteroatoms. The molecule has 0 aromatic heterocycles. The smallest absolute Gasteiger partial charge is 0.333 e. The number of hydrogen-bond donors (Lipinski definition) is 1. The molecule has 0 aliphatic carbocycles. The second-order valence-corrected chi connectivity index (χ2v) is 13.8. The molecule has 0 fully saturated rings. The molecule has 4 rings (SSSR count). The predicted octanol–water partition coefficient (Wildman–Crippen LogP) is 10.4. The third-order valence-electron chi connectivity index (χ3n) is 9.18. The normalized spacial score (nSPS) is 11.2. The summed E-state index contributed by atoms with van der Waals surface area (Å²) < 4.78 is 10.3.